The molecular formula is C18H21N3O7S2. The Balaban J connectivity index is 1.89. The van der Waals surface area contributed by atoms with Crippen molar-refractivity contribution in [2.45, 2.75) is 23.5 Å². The predicted octanol–water partition coefficient (Wildman–Crippen LogP) is 2.33. The second-order valence-corrected chi connectivity index (χ2v) is 10.4. The minimum absolute atomic E-state index is 0.0248. The van der Waals surface area contributed by atoms with Crippen LogP contribution < -0.4 is 9.46 Å². The number of hydrogen-bond acceptors (Lipinski definition) is 7. The lowest BCUT2D eigenvalue weighted by molar-refractivity contribution is -0.384. The fourth-order valence-corrected chi connectivity index (χ4v) is 5.92. The Morgan fingerprint density at radius 2 is 1.80 bits per heavy atom. The molecule has 0 saturated carbocycles. The number of anilines is 1. The molecule has 0 bridgehead atoms. The van der Waals surface area contributed by atoms with E-state index < -0.39 is 30.7 Å². The number of rotatable bonds is 8. The summed E-state index contributed by atoms with van der Waals surface area (Å²) in [5, 5.41) is 10.9. The van der Waals surface area contributed by atoms with Crippen LogP contribution in [0.5, 0.6) is 5.75 Å². The molecule has 0 amide bonds. The van der Waals surface area contributed by atoms with Crippen molar-refractivity contribution < 1.29 is 26.5 Å². The highest BCUT2D eigenvalue weighted by atomic mass is 32.2. The molecule has 1 aliphatic rings. The lowest BCUT2D eigenvalue weighted by Crippen LogP contribution is -2.28. The van der Waals surface area contributed by atoms with E-state index in [4.69, 9.17) is 4.74 Å². The molecule has 12 heteroatoms. The van der Waals surface area contributed by atoms with Crippen molar-refractivity contribution in [2.75, 3.05) is 24.9 Å². The van der Waals surface area contributed by atoms with Crippen molar-refractivity contribution in [1.82, 2.24) is 4.31 Å². The van der Waals surface area contributed by atoms with Crippen LogP contribution in [0.3, 0.4) is 0 Å². The number of nitrogens with zero attached hydrogens (tertiary/aromatic N) is 2. The number of nitrogens with one attached hydrogen (secondary N) is 1. The van der Waals surface area contributed by atoms with Gasteiger partial charge in [-0.1, -0.05) is 12.1 Å². The molecule has 10 nitrogen and oxygen atoms in total. The maximum absolute atomic E-state index is 12.8. The van der Waals surface area contributed by atoms with Gasteiger partial charge in [-0.2, -0.15) is 4.31 Å². The standard InChI is InChI=1S/C18H21N3O7S2/c1-28-18-8-7-16(30(26,27)20-9-2-3-10-20)12-17(18)19-29(24,25)13-14-5-4-6-15(11-14)21(22)23/h4-8,11-12,19H,2-3,9-10,13H2,1H3. The van der Waals surface area contributed by atoms with E-state index in [1.165, 1.54) is 53.9 Å². The fraction of sp³-hybridized carbons (Fsp3) is 0.333. The number of methoxy groups -OCH3 is 1. The number of sulfonamides is 2. The first-order chi connectivity index (χ1) is 14.1. The Kier molecular flexibility index (Phi) is 6.29. The maximum atomic E-state index is 12.8. The van der Waals surface area contributed by atoms with Gasteiger partial charge in [0.15, 0.2) is 0 Å². The van der Waals surface area contributed by atoms with Gasteiger partial charge in [-0.3, -0.25) is 14.8 Å². The second-order valence-electron chi connectivity index (χ2n) is 6.76. The van der Waals surface area contributed by atoms with Crippen LogP contribution in [0, 0.1) is 10.1 Å². The number of hydrogen-bond donors (Lipinski definition) is 1. The Morgan fingerprint density at radius 1 is 1.10 bits per heavy atom. The van der Waals surface area contributed by atoms with E-state index in [0.717, 1.165) is 12.8 Å². The molecule has 2 aromatic rings. The summed E-state index contributed by atoms with van der Waals surface area (Å²) in [6.07, 6.45) is 1.55. The van der Waals surface area contributed by atoms with Crippen LogP contribution in [0.25, 0.3) is 0 Å². The molecule has 2 aromatic carbocycles. The predicted molar refractivity (Wildman–Crippen MR) is 110 cm³/mol. The van der Waals surface area contributed by atoms with Crippen LogP contribution in [-0.2, 0) is 25.8 Å². The summed E-state index contributed by atoms with van der Waals surface area (Å²) in [5.74, 6) is -0.376. The van der Waals surface area contributed by atoms with Gasteiger partial charge in [0, 0.05) is 25.2 Å². The van der Waals surface area contributed by atoms with Crippen LogP contribution in [0.2, 0.25) is 0 Å². The van der Waals surface area contributed by atoms with Gasteiger partial charge in [0.05, 0.1) is 28.4 Å². The van der Waals surface area contributed by atoms with Gasteiger partial charge in [0.2, 0.25) is 20.0 Å². The highest BCUT2D eigenvalue weighted by Gasteiger charge is 2.28. The van der Waals surface area contributed by atoms with Gasteiger partial charge in [0.1, 0.15) is 5.75 Å². The zero-order valence-electron chi connectivity index (χ0n) is 16.1. The lowest BCUT2D eigenvalue weighted by atomic mass is 10.2. The molecule has 0 unspecified atom stereocenters. The largest absolute Gasteiger partial charge is 0.495 e. The Labute approximate surface area is 174 Å². The number of benzene rings is 2. The highest BCUT2D eigenvalue weighted by Crippen LogP contribution is 2.31. The van der Waals surface area contributed by atoms with E-state index >= 15 is 0 Å². The average Bonchev–Trinajstić information content (AvgIpc) is 3.23. The van der Waals surface area contributed by atoms with E-state index in [9.17, 15) is 26.9 Å². The van der Waals surface area contributed by atoms with E-state index in [1.54, 1.807) is 0 Å². The summed E-state index contributed by atoms with van der Waals surface area (Å²) in [5.41, 5.74) is -0.0290. The Hall–Kier alpha value is -2.70. The molecule has 0 aromatic heterocycles. The first-order valence-corrected chi connectivity index (χ1v) is 12.1. The fourth-order valence-electron chi connectivity index (χ4n) is 3.19. The van der Waals surface area contributed by atoms with Gasteiger partial charge in [-0.15, -0.1) is 0 Å². The molecule has 0 radical (unpaired) electrons. The van der Waals surface area contributed by atoms with E-state index in [-0.39, 0.29) is 27.6 Å². The zero-order valence-corrected chi connectivity index (χ0v) is 17.8. The average molecular weight is 456 g/mol. The van der Waals surface area contributed by atoms with E-state index in [2.05, 4.69) is 4.72 Å². The van der Waals surface area contributed by atoms with Crippen molar-refractivity contribution in [2.24, 2.45) is 0 Å². The summed E-state index contributed by atoms with van der Waals surface area (Å²) in [6, 6.07) is 9.25. The van der Waals surface area contributed by atoms with Crippen molar-refractivity contribution >= 4 is 31.4 Å². The molecule has 0 spiro atoms. The summed E-state index contributed by atoms with van der Waals surface area (Å²) in [7, 11) is -6.42. The van der Waals surface area contributed by atoms with E-state index in [0.29, 0.717) is 13.1 Å². The molecule has 3 rings (SSSR count). The van der Waals surface area contributed by atoms with E-state index in [1.807, 2.05) is 0 Å². The monoisotopic (exact) mass is 455 g/mol. The summed E-state index contributed by atoms with van der Waals surface area (Å²) < 4.78 is 59.7. The van der Waals surface area contributed by atoms with Gasteiger partial charge in [-0.05, 0) is 36.6 Å². The van der Waals surface area contributed by atoms with Crippen LogP contribution in [0.15, 0.2) is 47.4 Å². The van der Waals surface area contributed by atoms with Crippen molar-refractivity contribution in [3.63, 3.8) is 0 Å². The molecule has 1 heterocycles. The van der Waals surface area contributed by atoms with Crippen LogP contribution in [0.4, 0.5) is 11.4 Å². The molecule has 1 N–H and O–H groups in total. The minimum atomic E-state index is -4.01. The molecule has 162 valence electrons. The normalized spacial score (nSPS) is 15.1. The lowest BCUT2D eigenvalue weighted by Gasteiger charge is -2.18. The quantitative estimate of drug-likeness (QED) is 0.476. The minimum Gasteiger partial charge on any atom is -0.495 e. The third kappa shape index (κ3) is 4.89. The highest BCUT2D eigenvalue weighted by molar-refractivity contribution is 7.92. The van der Waals surface area contributed by atoms with Crippen LogP contribution >= 0.6 is 0 Å². The smallest absolute Gasteiger partial charge is 0.269 e. The second kappa shape index (κ2) is 8.58. The van der Waals surface area contributed by atoms with Gasteiger partial charge in [-0.25, -0.2) is 16.8 Å². The van der Waals surface area contributed by atoms with Gasteiger partial charge >= 0.3 is 0 Å². The molecular weight excluding hydrogens is 434 g/mol. The maximum Gasteiger partial charge on any atom is 0.269 e. The Morgan fingerprint density at radius 3 is 2.43 bits per heavy atom. The number of ether oxygens (including phenoxy) is 1. The summed E-state index contributed by atoms with van der Waals surface area (Å²) in [4.78, 5) is 10.2. The van der Waals surface area contributed by atoms with Gasteiger partial charge in [0.25, 0.3) is 5.69 Å². The number of nitro benzene ring substituents is 1. The topological polar surface area (TPSA) is 136 Å². The summed E-state index contributed by atoms with van der Waals surface area (Å²) in [6.45, 7) is 0.838. The first-order valence-electron chi connectivity index (χ1n) is 9.04. The van der Waals surface area contributed by atoms with Crippen LogP contribution in [0.1, 0.15) is 18.4 Å². The molecule has 1 fully saturated rings. The van der Waals surface area contributed by atoms with Crippen molar-refractivity contribution in [1.29, 1.82) is 0 Å². The Bertz CT molecular complexity index is 1160. The number of non-ortho nitro benzene ring substituents is 1. The molecule has 1 saturated heterocycles. The van der Waals surface area contributed by atoms with Gasteiger partial charge < -0.3 is 4.74 Å². The number of nitro groups is 1. The summed E-state index contributed by atoms with van der Waals surface area (Å²) >= 11 is 0. The third-order valence-electron chi connectivity index (χ3n) is 4.62. The third-order valence-corrected chi connectivity index (χ3v) is 7.76. The zero-order chi connectivity index (χ0) is 21.9. The van der Waals surface area contributed by atoms with Crippen molar-refractivity contribution in [3.8, 4) is 5.75 Å². The van der Waals surface area contributed by atoms with Crippen LogP contribution in [-0.4, -0.2) is 46.3 Å². The molecule has 0 aliphatic carbocycles. The SMILES string of the molecule is COc1ccc(S(=O)(=O)N2CCCC2)cc1NS(=O)(=O)Cc1cccc([N+](=O)[O-])c1. The molecule has 30 heavy (non-hydrogen) atoms. The molecule has 0 atom stereocenters. The first kappa shape index (κ1) is 22.0. The molecule has 1 aliphatic heterocycles. The van der Waals surface area contributed by atoms with Crippen molar-refractivity contribution in [3.05, 3.63) is 58.1 Å².